The number of benzene rings is 3. The predicted molar refractivity (Wildman–Crippen MR) is 208 cm³/mol. The molecule has 0 amide bonds. The summed E-state index contributed by atoms with van der Waals surface area (Å²) >= 11 is -1.86. The first-order chi connectivity index (χ1) is 23.4. The summed E-state index contributed by atoms with van der Waals surface area (Å²) in [6, 6.07) is 39.4. The average molecular weight is 897 g/mol. The molecule has 257 valence electrons. The van der Waals surface area contributed by atoms with Crippen molar-refractivity contribution in [1.29, 1.82) is 0 Å². The summed E-state index contributed by atoms with van der Waals surface area (Å²) in [4.78, 5) is 14.0. The topological polar surface area (TPSA) is 51.8 Å². The molecule has 0 atom stereocenters. The Morgan fingerprint density at radius 1 is 0.760 bits per heavy atom. The molecule has 0 N–H and O–H groups in total. The van der Waals surface area contributed by atoms with E-state index in [2.05, 4.69) is 124 Å². The Morgan fingerprint density at radius 3 is 2.18 bits per heavy atom. The van der Waals surface area contributed by atoms with Gasteiger partial charge < -0.3 is 9.40 Å². The van der Waals surface area contributed by atoms with Crippen molar-refractivity contribution < 1.29 is 24.5 Å². The van der Waals surface area contributed by atoms with Gasteiger partial charge in [0.05, 0.1) is 11.3 Å². The van der Waals surface area contributed by atoms with Crippen molar-refractivity contribution in [2.75, 3.05) is 0 Å². The molecule has 0 aliphatic rings. The van der Waals surface area contributed by atoms with Crippen LogP contribution in [0, 0.1) is 18.1 Å². The van der Waals surface area contributed by atoms with E-state index in [9.17, 15) is 0 Å². The van der Waals surface area contributed by atoms with Crippen LogP contribution in [0.5, 0.6) is 0 Å². The van der Waals surface area contributed by atoms with E-state index in [1.54, 1.807) is 4.40 Å². The van der Waals surface area contributed by atoms with Crippen molar-refractivity contribution in [3.63, 3.8) is 0 Å². The molecule has 7 aromatic rings. The normalized spacial score (nSPS) is 11.7. The number of rotatable bonds is 6. The molecular formula is C44H45GeIrN3O-2. The van der Waals surface area contributed by atoms with Crippen molar-refractivity contribution in [3.05, 3.63) is 133 Å². The van der Waals surface area contributed by atoms with E-state index in [1.807, 2.05) is 54.7 Å². The van der Waals surface area contributed by atoms with Gasteiger partial charge in [-0.1, -0.05) is 62.6 Å². The van der Waals surface area contributed by atoms with E-state index in [-0.39, 0.29) is 25.5 Å². The van der Waals surface area contributed by atoms with Gasteiger partial charge in [0.25, 0.3) is 0 Å². The third kappa shape index (κ3) is 8.69. The molecule has 50 heavy (non-hydrogen) atoms. The van der Waals surface area contributed by atoms with E-state index in [0.29, 0.717) is 11.6 Å². The summed E-state index contributed by atoms with van der Waals surface area (Å²) in [5, 5.41) is 2.03. The van der Waals surface area contributed by atoms with Gasteiger partial charge >= 0.3 is 126 Å². The second-order valence-corrected chi connectivity index (χ2v) is 25.7. The molecular weight excluding hydrogens is 851 g/mol. The number of aromatic nitrogens is 3. The van der Waals surface area contributed by atoms with E-state index in [4.69, 9.17) is 14.4 Å². The molecule has 0 aliphatic heterocycles. The van der Waals surface area contributed by atoms with Gasteiger partial charge in [-0.15, -0.1) is 23.8 Å². The van der Waals surface area contributed by atoms with Crippen LogP contribution in [0.25, 0.3) is 55.8 Å². The molecule has 4 aromatic heterocycles. The van der Waals surface area contributed by atoms with Crippen LogP contribution in [0.1, 0.15) is 45.7 Å². The number of hydrogen-bond acceptors (Lipinski definition) is 4. The Kier molecular flexibility index (Phi) is 11.6. The fourth-order valence-corrected chi connectivity index (χ4v) is 9.38. The molecule has 4 heterocycles. The summed E-state index contributed by atoms with van der Waals surface area (Å²) < 4.78 is 7.56. The monoisotopic (exact) mass is 898 g/mol. The van der Waals surface area contributed by atoms with Crippen LogP contribution < -0.4 is 4.40 Å². The van der Waals surface area contributed by atoms with E-state index in [1.165, 1.54) is 11.1 Å². The maximum Gasteiger partial charge on any atom is 0 e. The zero-order valence-electron chi connectivity index (χ0n) is 30.3. The Labute approximate surface area is 313 Å². The Balaban J connectivity index is 0.000000204. The molecule has 4 nitrogen and oxygen atoms in total. The molecule has 0 saturated carbocycles. The Morgan fingerprint density at radius 2 is 1.50 bits per heavy atom. The number of furan rings is 1. The number of fused-ring (bicyclic) bond motifs is 3. The first-order valence-corrected chi connectivity index (χ1v) is 24.4. The van der Waals surface area contributed by atoms with Crippen LogP contribution in [-0.4, -0.2) is 28.2 Å². The van der Waals surface area contributed by atoms with E-state index >= 15 is 0 Å². The van der Waals surface area contributed by atoms with Crippen LogP contribution in [0.15, 0.2) is 114 Å². The van der Waals surface area contributed by atoms with Crippen molar-refractivity contribution >= 4 is 39.7 Å². The van der Waals surface area contributed by atoms with Crippen molar-refractivity contribution in [1.82, 2.24) is 15.0 Å². The number of nitrogens with zero attached hydrogens (tertiary/aromatic N) is 3. The second-order valence-electron chi connectivity index (χ2n) is 15.2. The molecule has 0 bridgehead atoms. The fraction of sp³-hybridized carbons (Fsp3) is 0.250. The van der Waals surface area contributed by atoms with Gasteiger partial charge in [0.15, 0.2) is 0 Å². The molecule has 0 spiro atoms. The Bertz CT molecular complexity index is 2200. The zero-order chi connectivity index (χ0) is 34.8. The first-order valence-electron chi connectivity index (χ1n) is 17.1. The number of hydrogen-bond donors (Lipinski definition) is 0. The van der Waals surface area contributed by atoms with Crippen LogP contribution >= 0.6 is 0 Å². The molecule has 0 saturated heterocycles. The molecule has 1 radical (unpaired) electrons. The van der Waals surface area contributed by atoms with Crippen LogP contribution in [0.3, 0.4) is 0 Å². The summed E-state index contributed by atoms with van der Waals surface area (Å²) in [6.07, 6.45) is 5.14. The summed E-state index contributed by atoms with van der Waals surface area (Å²) in [5.41, 5.74) is 10.2. The van der Waals surface area contributed by atoms with Crippen LogP contribution in [-0.2, 0) is 31.9 Å². The van der Waals surface area contributed by atoms with Gasteiger partial charge in [0.2, 0.25) is 5.71 Å². The standard InChI is InChI=1S/C26H21N2O.C18H24GeN.Ir/c1-26(2,3)19-13-14-27-23(16-19)18-9-12-24-21(15-18)20-10-11-22(28-25(20)29-24)17-7-5-4-6-8-17;1-14(2)11-16-12-18(15-9-7-6-8-10-15)20-13-17(16)19(3,4)5;/h4-8,10-16H,1-3H3;6-9,12-14H,11H2,1-5H3;/q2*-1;. The minimum absolute atomic E-state index is 0. The third-order valence-electron chi connectivity index (χ3n) is 8.65. The maximum atomic E-state index is 6.02. The van der Waals surface area contributed by atoms with E-state index in [0.717, 1.165) is 56.5 Å². The molecule has 7 rings (SSSR count). The minimum atomic E-state index is -1.86. The SMILES string of the molecule is CC(C)(C)c1ccnc(-c2[c-]cc3oc4nc(-c5ccccc5)ccc4c3c2)c1.CC(C)Cc1cc(-c2[c-]cccc2)nc[c]1[Ge]([CH3])([CH3])[CH3].[Ir]. The quantitative estimate of drug-likeness (QED) is 0.123. The van der Waals surface area contributed by atoms with Gasteiger partial charge in [0.1, 0.15) is 0 Å². The maximum absolute atomic E-state index is 6.02. The van der Waals surface area contributed by atoms with Gasteiger partial charge in [-0.3, -0.25) is 0 Å². The minimum Gasteiger partial charge on any atom is 0 e. The molecule has 0 aliphatic carbocycles. The van der Waals surface area contributed by atoms with E-state index < -0.39 is 13.3 Å². The van der Waals surface area contributed by atoms with Gasteiger partial charge in [0, 0.05) is 37.3 Å². The van der Waals surface area contributed by atoms with Gasteiger partial charge in [-0.25, -0.2) is 4.98 Å². The zero-order valence-corrected chi connectivity index (χ0v) is 34.8. The third-order valence-corrected chi connectivity index (χ3v) is 13.0. The molecule has 3 aromatic carbocycles. The molecule has 0 fully saturated rings. The smallest absolute Gasteiger partial charge is 0 e. The summed E-state index contributed by atoms with van der Waals surface area (Å²) in [7, 11) is 0. The first kappa shape index (κ1) is 37.4. The molecule has 0 unspecified atom stereocenters. The van der Waals surface area contributed by atoms with Crippen molar-refractivity contribution in [2.45, 2.75) is 63.7 Å². The van der Waals surface area contributed by atoms with Gasteiger partial charge in [-0.2, -0.15) is 0 Å². The number of pyridine rings is 3. The second kappa shape index (κ2) is 15.6. The fourth-order valence-electron chi connectivity index (χ4n) is 6.04. The summed E-state index contributed by atoms with van der Waals surface area (Å²) in [6.45, 7) is 11.2. The van der Waals surface area contributed by atoms with Crippen LogP contribution in [0.4, 0.5) is 0 Å². The average Bonchev–Trinajstić information content (AvgIpc) is 3.45. The van der Waals surface area contributed by atoms with Crippen LogP contribution in [0.2, 0.25) is 17.3 Å². The van der Waals surface area contributed by atoms with Gasteiger partial charge in [-0.05, 0) is 34.9 Å². The molecule has 6 heteroatoms. The van der Waals surface area contributed by atoms with Crippen molar-refractivity contribution in [3.8, 4) is 33.8 Å². The summed E-state index contributed by atoms with van der Waals surface area (Å²) in [5.74, 6) is 7.99. The van der Waals surface area contributed by atoms with Crippen molar-refractivity contribution in [2.24, 2.45) is 5.92 Å². The Hall–Kier alpha value is -3.90. The predicted octanol–water partition coefficient (Wildman–Crippen LogP) is 11.1. The largest absolute Gasteiger partial charge is 0 e.